The second-order valence-corrected chi connectivity index (χ2v) is 3.97. The van der Waals surface area contributed by atoms with Crippen LogP contribution in [0.4, 0.5) is 11.5 Å². The Bertz CT molecular complexity index is 638. The highest BCUT2D eigenvalue weighted by Crippen LogP contribution is 2.33. The average Bonchev–Trinajstić information content (AvgIpc) is 2.86. The number of carbonyl (C=O) groups excluding carboxylic acids is 1. The van der Waals surface area contributed by atoms with Crippen molar-refractivity contribution in [2.24, 2.45) is 0 Å². The molecular formula is C12H14N4O4. The normalized spacial score (nSPS) is 10.2. The molecule has 0 radical (unpaired) electrons. The molecule has 0 aliphatic heterocycles. The largest absolute Gasteiger partial charge is 0.493 e. The van der Waals surface area contributed by atoms with Crippen LogP contribution in [-0.2, 0) is 0 Å². The fourth-order valence-corrected chi connectivity index (χ4v) is 1.65. The lowest BCUT2D eigenvalue weighted by Crippen LogP contribution is -2.15. The summed E-state index contributed by atoms with van der Waals surface area (Å²) in [5.41, 5.74) is 6.74. The molecule has 1 heterocycles. The van der Waals surface area contributed by atoms with E-state index < -0.39 is 5.91 Å². The summed E-state index contributed by atoms with van der Waals surface area (Å²) in [7, 11) is 3.05. The van der Waals surface area contributed by atoms with Gasteiger partial charge >= 0.3 is 0 Å². The molecule has 0 bridgehead atoms. The van der Waals surface area contributed by atoms with Gasteiger partial charge < -0.3 is 20.5 Å². The predicted molar refractivity (Wildman–Crippen MR) is 70.9 cm³/mol. The lowest BCUT2D eigenvalue weighted by Gasteiger charge is -2.13. The van der Waals surface area contributed by atoms with Gasteiger partial charge in [-0.2, -0.15) is 0 Å². The summed E-state index contributed by atoms with van der Waals surface area (Å²) in [6.45, 7) is 1.82. The van der Waals surface area contributed by atoms with Crippen LogP contribution in [0.3, 0.4) is 0 Å². The summed E-state index contributed by atoms with van der Waals surface area (Å²) >= 11 is 0. The van der Waals surface area contributed by atoms with Crippen molar-refractivity contribution in [3.63, 3.8) is 0 Å². The summed E-state index contributed by atoms with van der Waals surface area (Å²) in [6.07, 6.45) is 0. The Kier molecular flexibility index (Phi) is 3.74. The number of nitrogen functional groups attached to an aromatic ring is 1. The maximum absolute atomic E-state index is 12.0. The highest BCUT2D eigenvalue weighted by Gasteiger charge is 2.18. The minimum atomic E-state index is -0.515. The van der Waals surface area contributed by atoms with Crippen LogP contribution in [0.2, 0.25) is 0 Å². The third kappa shape index (κ3) is 2.48. The fourth-order valence-electron chi connectivity index (χ4n) is 1.65. The summed E-state index contributed by atoms with van der Waals surface area (Å²) in [6, 6.07) is 3.40. The van der Waals surface area contributed by atoms with Gasteiger partial charge in [0.1, 0.15) is 0 Å². The predicted octanol–water partition coefficient (Wildman–Crippen LogP) is 1.23. The first-order valence-corrected chi connectivity index (χ1v) is 5.68. The van der Waals surface area contributed by atoms with Crippen molar-refractivity contribution in [3.05, 3.63) is 23.4 Å². The number of ether oxygens (including phenoxy) is 2. The minimum Gasteiger partial charge on any atom is -0.493 e. The number of carbonyl (C=O) groups is 1. The Balaban J connectivity index is 2.30. The highest BCUT2D eigenvalue weighted by atomic mass is 16.6. The lowest BCUT2D eigenvalue weighted by molar-refractivity contribution is 0.101. The van der Waals surface area contributed by atoms with E-state index >= 15 is 0 Å². The molecule has 8 nitrogen and oxygen atoms in total. The van der Waals surface area contributed by atoms with Crippen LogP contribution in [-0.4, -0.2) is 30.4 Å². The van der Waals surface area contributed by atoms with E-state index in [0.717, 1.165) is 5.56 Å². The molecule has 1 aromatic carbocycles. The van der Waals surface area contributed by atoms with Crippen LogP contribution in [0, 0.1) is 6.92 Å². The third-order valence-electron chi connectivity index (χ3n) is 2.71. The molecule has 106 valence electrons. The molecule has 0 unspecified atom stereocenters. The summed E-state index contributed by atoms with van der Waals surface area (Å²) in [5, 5.41) is 9.45. The van der Waals surface area contributed by atoms with E-state index in [-0.39, 0.29) is 11.5 Å². The Hall–Kier alpha value is -2.77. The number of amides is 1. The first kappa shape index (κ1) is 13.7. The average molecular weight is 278 g/mol. The molecule has 2 rings (SSSR count). The van der Waals surface area contributed by atoms with Gasteiger partial charge in [-0.05, 0) is 28.9 Å². The van der Waals surface area contributed by atoms with Crippen LogP contribution in [0.15, 0.2) is 16.8 Å². The van der Waals surface area contributed by atoms with Crippen molar-refractivity contribution >= 4 is 17.4 Å². The van der Waals surface area contributed by atoms with E-state index in [1.54, 1.807) is 12.1 Å². The lowest BCUT2D eigenvalue weighted by atomic mass is 10.1. The van der Waals surface area contributed by atoms with Crippen LogP contribution in [0.1, 0.15) is 16.1 Å². The topological polar surface area (TPSA) is 112 Å². The molecule has 0 fully saturated rings. The standard InChI is InChI=1S/C12H14N4O4/c1-6-4-8(18-2)9(19-3)5-7(6)14-12(17)10-11(13)16-20-15-10/h4-5H,1-3H3,(H2,13,16)(H,14,17). The molecule has 1 aromatic heterocycles. The maximum atomic E-state index is 12.0. The Labute approximate surface area is 114 Å². The second-order valence-electron chi connectivity index (χ2n) is 3.97. The number of benzene rings is 1. The number of methoxy groups -OCH3 is 2. The van der Waals surface area contributed by atoms with Gasteiger partial charge in [0.05, 0.1) is 14.2 Å². The molecule has 0 saturated heterocycles. The van der Waals surface area contributed by atoms with Crippen molar-refractivity contribution in [2.75, 3.05) is 25.3 Å². The van der Waals surface area contributed by atoms with E-state index in [1.165, 1.54) is 14.2 Å². The molecular weight excluding hydrogens is 264 g/mol. The molecule has 8 heteroatoms. The number of rotatable bonds is 4. The number of hydrogen-bond donors (Lipinski definition) is 2. The molecule has 20 heavy (non-hydrogen) atoms. The second kappa shape index (κ2) is 5.47. The third-order valence-corrected chi connectivity index (χ3v) is 2.71. The zero-order chi connectivity index (χ0) is 14.7. The molecule has 0 saturated carbocycles. The van der Waals surface area contributed by atoms with Crippen LogP contribution in [0.5, 0.6) is 11.5 Å². The molecule has 2 aromatic rings. The van der Waals surface area contributed by atoms with E-state index in [1.807, 2.05) is 6.92 Å². The molecule has 3 N–H and O–H groups in total. The maximum Gasteiger partial charge on any atom is 0.281 e. The Morgan fingerprint density at radius 2 is 1.90 bits per heavy atom. The van der Waals surface area contributed by atoms with Crippen molar-refractivity contribution in [2.45, 2.75) is 6.92 Å². The number of nitrogens with one attached hydrogen (secondary N) is 1. The molecule has 0 spiro atoms. The highest BCUT2D eigenvalue weighted by molar-refractivity contribution is 6.06. The number of nitrogens with zero attached hydrogens (tertiary/aromatic N) is 2. The quantitative estimate of drug-likeness (QED) is 0.864. The zero-order valence-corrected chi connectivity index (χ0v) is 11.3. The van der Waals surface area contributed by atoms with E-state index in [9.17, 15) is 4.79 Å². The van der Waals surface area contributed by atoms with Crippen molar-refractivity contribution in [1.82, 2.24) is 10.3 Å². The Morgan fingerprint density at radius 1 is 1.25 bits per heavy atom. The number of nitrogens with two attached hydrogens (primary N) is 1. The number of hydrogen-bond acceptors (Lipinski definition) is 7. The zero-order valence-electron chi connectivity index (χ0n) is 11.3. The molecule has 0 atom stereocenters. The molecule has 0 aliphatic carbocycles. The number of aromatic nitrogens is 2. The van der Waals surface area contributed by atoms with Gasteiger partial charge in [0.15, 0.2) is 11.5 Å². The summed E-state index contributed by atoms with van der Waals surface area (Å²) in [5.74, 6) is 0.491. The van der Waals surface area contributed by atoms with Gasteiger partial charge in [-0.1, -0.05) is 0 Å². The van der Waals surface area contributed by atoms with Crippen molar-refractivity contribution in [3.8, 4) is 11.5 Å². The monoisotopic (exact) mass is 278 g/mol. The SMILES string of the molecule is COc1cc(C)c(NC(=O)c2nonc2N)cc1OC. The first-order valence-electron chi connectivity index (χ1n) is 5.68. The van der Waals surface area contributed by atoms with E-state index in [0.29, 0.717) is 17.2 Å². The Morgan fingerprint density at radius 3 is 2.45 bits per heavy atom. The van der Waals surface area contributed by atoms with Crippen LogP contribution < -0.4 is 20.5 Å². The van der Waals surface area contributed by atoms with Crippen molar-refractivity contribution < 1.29 is 18.9 Å². The van der Waals surface area contributed by atoms with Crippen LogP contribution >= 0.6 is 0 Å². The van der Waals surface area contributed by atoms with Gasteiger partial charge in [-0.25, -0.2) is 4.63 Å². The van der Waals surface area contributed by atoms with Gasteiger partial charge in [0.25, 0.3) is 5.91 Å². The van der Waals surface area contributed by atoms with Crippen molar-refractivity contribution in [1.29, 1.82) is 0 Å². The van der Waals surface area contributed by atoms with Crippen LogP contribution in [0.25, 0.3) is 0 Å². The number of anilines is 2. The number of aryl methyl sites for hydroxylation is 1. The molecule has 1 amide bonds. The van der Waals surface area contributed by atoms with Gasteiger partial charge in [0.2, 0.25) is 11.5 Å². The van der Waals surface area contributed by atoms with Gasteiger partial charge in [-0.15, -0.1) is 0 Å². The van der Waals surface area contributed by atoms with E-state index in [2.05, 4.69) is 20.3 Å². The fraction of sp³-hybridized carbons (Fsp3) is 0.250. The smallest absolute Gasteiger partial charge is 0.281 e. The van der Waals surface area contributed by atoms with Gasteiger partial charge in [-0.3, -0.25) is 4.79 Å². The summed E-state index contributed by atoms with van der Waals surface area (Å²) in [4.78, 5) is 12.0. The summed E-state index contributed by atoms with van der Waals surface area (Å²) < 4.78 is 14.7. The van der Waals surface area contributed by atoms with E-state index in [4.69, 9.17) is 15.2 Å². The first-order chi connectivity index (χ1) is 9.56. The minimum absolute atomic E-state index is 0.0689. The molecule has 0 aliphatic rings. The van der Waals surface area contributed by atoms with Gasteiger partial charge in [0, 0.05) is 11.8 Å².